The zero-order valence-corrected chi connectivity index (χ0v) is 11.4. The summed E-state index contributed by atoms with van der Waals surface area (Å²) in [6.45, 7) is 4.14. The number of nitrogen functional groups attached to an aromatic ring is 1. The SMILES string of the molecule is Cc1cc2ncn(-c3cc(C#N)ccc3N)c2cc1C. The molecule has 1 aromatic heterocycles. The molecule has 0 bridgehead atoms. The van der Waals surface area contributed by atoms with Crippen LogP contribution >= 0.6 is 0 Å². The summed E-state index contributed by atoms with van der Waals surface area (Å²) in [5.41, 5.74) is 12.4. The van der Waals surface area contributed by atoms with Crippen LogP contribution in [0.3, 0.4) is 0 Å². The van der Waals surface area contributed by atoms with Crippen LogP contribution < -0.4 is 5.73 Å². The van der Waals surface area contributed by atoms with Crippen molar-refractivity contribution in [1.82, 2.24) is 9.55 Å². The van der Waals surface area contributed by atoms with Gasteiger partial charge < -0.3 is 5.73 Å². The lowest BCUT2D eigenvalue weighted by Crippen LogP contribution is -1.99. The molecule has 0 atom stereocenters. The van der Waals surface area contributed by atoms with Crippen molar-refractivity contribution >= 4 is 16.7 Å². The van der Waals surface area contributed by atoms with Crippen LogP contribution in [-0.4, -0.2) is 9.55 Å². The number of nitrogens with two attached hydrogens (primary N) is 1. The van der Waals surface area contributed by atoms with E-state index in [0.717, 1.165) is 16.7 Å². The summed E-state index contributed by atoms with van der Waals surface area (Å²) in [6.07, 6.45) is 1.75. The van der Waals surface area contributed by atoms with Gasteiger partial charge in [-0.2, -0.15) is 5.26 Å². The highest BCUT2D eigenvalue weighted by Crippen LogP contribution is 2.25. The van der Waals surface area contributed by atoms with E-state index < -0.39 is 0 Å². The van der Waals surface area contributed by atoms with E-state index >= 15 is 0 Å². The minimum atomic E-state index is 0.583. The molecule has 0 saturated heterocycles. The molecule has 0 fully saturated rings. The lowest BCUT2D eigenvalue weighted by Gasteiger charge is -2.09. The van der Waals surface area contributed by atoms with Crippen LogP contribution in [0.15, 0.2) is 36.7 Å². The van der Waals surface area contributed by atoms with Gasteiger partial charge in [-0.15, -0.1) is 0 Å². The highest BCUT2D eigenvalue weighted by molar-refractivity contribution is 5.81. The quantitative estimate of drug-likeness (QED) is 0.685. The standard InChI is InChI=1S/C16H14N4/c1-10-5-14-16(6-11(10)2)20(9-19-14)15-7-12(8-17)3-4-13(15)18/h3-7,9H,18H2,1-2H3. The molecule has 0 aliphatic carbocycles. The summed E-state index contributed by atoms with van der Waals surface area (Å²) in [7, 11) is 0. The highest BCUT2D eigenvalue weighted by atomic mass is 15.1. The second-order valence-corrected chi connectivity index (χ2v) is 4.93. The number of hydrogen-bond donors (Lipinski definition) is 1. The third-order valence-corrected chi connectivity index (χ3v) is 3.58. The Morgan fingerprint density at radius 3 is 2.65 bits per heavy atom. The Balaban J connectivity index is 2.30. The van der Waals surface area contributed by atoms with E-state index in [9.17, 15) is 0 Å². The number of nitriles is 1. The van der Waals surface area contributed by atoms with Crippen LogP contribution in [0.2, 0.25) is 0 Å². The summed E-state index contributed by atoms with van der Waals surface area (Å²) in [5.74, 6) is 0. The maximum atomic E-state index is 9.03. The van der Waals surface area contributed by atoms with Crippen molar-refractivity contribution in [3.63, 3.8) is 0 Å². The van der Waals surface area contributed by atoms with Crippen molar-refractivity contribution in [2.45, 2.75) is 13.8 Å². The molecule has 3 rings (SSSR count). The Morgan fingerprint density at radius 1 is 1.15 bits per heavy atom. The Kier molecular flexibility index (Phi) is 2.69. The minimum absolute atomic E-state index is 0.583. The maximum Gasteiger partial charge on any atom is 0.100 e. The normalized spacial score (nSPS) is 10.7. The number of imidazole rings is 1. The first-order chi connectivity index (χ1) is 9.60. The number of anilines is 1. The Morgan fingerprint density at radius 2 is 1.90 bits per heavy atom. The molecule has 0 amide bonds. The third kappa shape index (κ3) is 1.81. The van der Waals surface area contributed by atoms with E-state index in [0.29, 0.717) is 11.3 Å². The van der Waals surface area contributed by atoms with Gasteiger partial charge in [0, 0.05) is 0 Å². The van der Waals surface area contributed by atoms with Gasteiger partial charge in [-0.05, 0) is 55.3 Å². The van der Waals surface area contributed by atoms with Crippen LogP contribution in [0.1, 0.15) is 16.7 Å². The van der Waals surface area contributed by atoms with E-state index in [-0.39, 0.29) is 0 Å². The molecule has 0 aliphatic heterocycles. The molecule has 0 unspecified atom stereocenters. The lowest BCUT2D eigenvalue weighted by molar-refractivity contribution is 1.09. The van der Waals surface area contributed by atoms with Crippen molar-refractivity contribution in [3.05, 3.63) is 53.3 Å². The van der Waals surface area contributed by atoms with Gasteiger partial charge in [-0.1, -0.05) is 0 Å². The average molecular weight is 262 g/mol. The molecule has 0 aliphatic rings. The molecule has 1 heterocycles. The van der Waals surface area contributed by atoms with Crippen molar-refractivity contribution in [3.8, 4) is 11.8 Å². The van der Waals surface area contributed by atoms with Crippen LogP contribution in [0.4, 0.5) is 5.69 Å². The molecule has 0 radical (unpaired) electrons. The monoisotopic (exact) mass is 262 g/mol. The zero-order valence-electron chi connectivity index (χ0n) is 11.4. The van der Waals surface area contributed by atoms with Gasteiger partial charge in [0.2, 0.25) is 0 Å². The number of hydrogen-bond acceptors (Lipinski definition) is 3. The third-order valence-electron chi connectivity index (χ3n) is 3.58. The molecule has 0 saturated carbocycles. The Bertz CT molecular complexity index is 853. The Hall–Kier alpha value is -2.80. The van der Waals surface area contributed by atoms with Gasteiger partial charge in [0.05, 0.1) is 34.0 Å². The molecule has 98 valence electrons. The predicted molar refractivity (Wildman–Crippen MR) is 79.7 cm³/mol. The Labute approximate surface area is 117 Å². The molecule has 3 aromatic rings. The van der Waals surface area contributed by atoms with Crippen LogP contribution in [0.5, 0.6) is 0 Å². The van der Waals surface area contributed by atoms with Gasteiger partial charge in [0.15, 0.2) is 0 Å². The lowest BCUT2D eigenvalue weighted by atomic mass is 10.1. The van der Waals surface area contributed by atoms with Gasteiger partial charge in [-0.25, -0.2) is 4.98 Å². The largest absolute Gasteiger partial charge is 0.397 e. The summed E-state index contributed by atoms with van der Waals surface area (Å²) in [6, 6.07) is 11.5. The first-order valence-electron chi connectivity index (χ1n) is 6.34. The molecule has 2 aromatic carbocycles. The molecular weight excluding hydrogens is 248 g/mol. The number of nitrogens with zero attached hydrogens (tertiary/aromatic N) is 3. The number of fused-ring (bicyclic) bond motifs is 1. The van der Waals surface area contributed by atoms with Gasteiger partial charge >= 0.3 is 0 Å². The van der Waals surface area contributed by atoms with Crippen molar-refractivity contribution in [2.75, 3.05) is 5.73 Å². The molecule has 4 nitrogen and oxygen atoms in total. The second-order valence-electron chi connectivity index (χ2n) is 4.93. The average Bonchev–Trinajstić information content (AvgIpc) is 2.83. The van der Waals surface area contributed by atoms with Gasteiger partial charge in [-0.3, -0.25) is 4.57 Å². The predicted octanol–water partition coefficient (Wildman–Crippen LogP) is 3.10. The van der Waals surface area contributed by atoms with Crippen LogP contribution in [0.25, 0.3) is 16.7 Å². The molecular formula is C16H14N4. The molecule has 0 spiro atoms. The smallest absolute Gasteiger partial charge is 0.100 e. The van der Waals surface area contributed by atoms with Crippen LogP contribution in [0, 0.1) is 25.2 Å². The minimum Gasteiger partial charge on any atom is -0.397 e. The number of aryl methyl sites for hydroxylation is 2. The van der Waals surface area contributed by atoms with Gasteiger partial charge in [0.1, 0.15) is 6.33 Å². The fourth-order valence-corrected chi connectivity index (χ4v) is 2.28. The first kappa shape index (κ1) is 12.2. The summed E-state index contributed by atoms with van der Waals surface area (Å²) < 4.78 is 1.93. The number of benzene rings is 2. The van der Waals surface area contributed by atoms with Crippen molar-refractivity contribution in [1.29, 1.82) is 5.26 Å². The summed E-state index contributed by atoms with van der Waals surface area (Å²) >= 11 is 0. The van der Waals surface area contributed by atoms with E-state index in [1.807, 2.05) is 4.57 Å². The van der Waals surface area contributed by atoms with Crippen molar-refractivity contribution in [2.24, 2.45) is 0 Å². The fraction of sp³-hybridized carbons (Fsp3) is 0.125. The van der Waals surface area contributed by atoms with E-state index in [4.69, 9.17) is 11.0 Å². The first-order valence-corrected chi connectivity index (χ1v) is 6.34. The summed E-state index contributed by atoms with van der Waals surface area (Å²) in [4.78, 5) is 4.42. The van der Waals surface area contributed by atoms with E-state index in [1.165, 1.54) is 11.1 Å². The van der Waals surface area contributed by atoms with E-state index in [2.05, 4.69) is 37.0 Å². The molecule has 4 heteroatoms. The van der Waals surface area contributed by atoms with Crippen LogP contribution in [-0.2, 0) is 0 Å². The fourth-order valence-electron chi connectivity index (χ4n) is 2.28. The highest BCUT2D eigenvalue weighted by Gasteiger charge is 2.09. The second kappa shape index (κ2) is 4.39. The number of aromatic nitrogens is 2. The van der Waals surface area contributed by atoms with Crippen molar-refractivity contribution < 1.29 is 0 Å². The summed E-state index contributed by atoms with van der Waals surface area (Å²) in [5, 5.41) is 9.03. The number of rotatable bonds is 1. The molecule has 2 N–H and O–H groups in total. The topological polar surface area (TPSA) is 67.6 Å². The van der Waals surface area contributed by atoms with Gasteiger partial charge in [0.25, 0.3) is 0 Å². The zero-order chi connectivity index (χ0) is 14.3. The van der Waals surface area contributed by atoms with E-state index in [1.54, 1.807) is 24.5 Å². The maximum absolute atomic E-state index is 9.03. The molecule has 20 heavy (non-hydrogen) atoms.